The lowest BCUT2D eigenvalue weighted by Crippen LogP contribution is -2.50. The molecule has 1 unspecified atom stereocenters. The summed E-state index contributed by atoms with van der Waals surface area (Å²) in [6, 6.07) is 3.62. The van der Waals surface area contributed by atoms with Crippen molar-refractivity contribution >= 4 is 0 Å². The van der Waals surface area contributed by atoms with Gasteiger partial charge in [0.2, 0.25) is 0 Å². The highest BCUT2D eigenvalue weighted by Crippen LogP contribution is 2.46. The highest BCUT2D eigenvalue weighted by Gasteiger charge is 2.56. The molecule has 5 nitrogen and oxygen atoms in total. The molecule has 0 radical (unpaired) electrons. The predicted octanol–water partition coefficient (Wildman–Crippen LogP) is 4.43. The fourth-order valence-electron chi connectivity index (χ4n) is 3.71. The van der Waals surface area contributed by atoms with E-state index in [0.29, 0.717) is 24.2 Å². The van der Waals surface area contributed by atoms with Crippen molar-refractivity contribution < 1.29 is 27.4 Å². The zero-order valence-corrected chi connectivity index (χ0v) is 19.8. The van der Waals surface area contributed by atoms with Crippen molar-refractivity contribution in [2.45, 2.75) is 57.2 Å². The van der Waals surface area contributed by atoms with Crippen molar-refractivity contribution in [1.82, 2.24) is 5.32 Å². The molecule has 0 aliphatic rings. The lowest BCUT2D eigenvalue weighted by Gasteiger charge is -2.38. The summed E-state index contributed by atoms with van der Waals surface area (Å²) in [5, 5.41) is 13.7. The van der Waals surface area contributed by atoms with Crippen LogP contribution in [0, 0.1) is 5.82 Å². The molecule has 1 aromatic rings. The molecule has 9 heteroatoms. The number of nitrogens with two attached hydrogens (primary N) is 2. The summed E-state index contributed by atoms with van der Waals surface area (Å²) in [5.41, 5.74) is 8.67. The number of alkyl halides is 3. The zero-order chi connectivity index (χ0) is 25.4. The van der Waals surface area contributed by atoms with Gasteiger partial charge in [-0.1, -0.05) is 26.0 Å². The monoisotopic (exact) mass is 473 g/mol. The maximum atomic E-state index is 14.0. The largest absolute Gasteiger partial charge is 0.496 e. The van der Waals surface area contributed by atoms with Crippen LogP contribution in [0.2, 0.25) is 0 Å². The average molecular weight is 474 g/mol. The highest BCUT2D eigenvalue weighted by molar-refractivity contribution is 5.40. The van der Waals surface area contributed by atoms with Gasteiger partial charge < -0.3 is 26.6 Å². The van der Waals surface area contributed by atoms with Crippen LogP contribution in [0.4, 0.5) is 17.6 Å². The number of aliphatic hydroxyl groups is 1. The van der Waals surface area contributed by atoms with Crippen LogP contribution in [-0.4, -0.2) is 37.6 Å². The molecular formula is C24H35F4N3O2. The van der Waals surface area contributed by atoms with Crippen LogP contribution >= 0.6 is 0 Å². The number of benzene rings is 1. The minimum Gasteiger partial charge on any atom is -0.496 e. The molecule has 186 valence electrons. The third kappa shape index (κ3) is 8.08. The van der Waals surface area contributed by atoms with Gasteiger partial charge in [0.15, 0.2) is 5.60 Å². The molecule has 1 atom stereocenters. The number of likely N-dealkylation sites (N-methyl/N-ethyl adjacent to an activating group) is 1. The maximum absolute atomic E-state index is 14.0. The Morgan fingerprint density at radius 2 is 1.82 bits per heavy atom. The van der Waals surface area contributed by atoms with E-state index in [9.17, 15) is 22.7 Å². The van der Waals surface area contributed by atoms with Crippen molar-refractivity contribution in [2.75, 3.05) is 20.7 Å². The molecule has 33 heavy (non-hydrogen) atoms. The molecule has 0 fully saturated rings. The van der Waals surface area contributed by atoms with E-state index >= 15 is 0 Å². The Morgan fingerprint density at radius 1 is 1.18 bits per heavy atom. The quantitative estimate of drug-likeness (QED) is 0.282. The molecular weight excluding hydrogens is 438 g/mol. The van der Waals surface area contributed by atoms with Crippen LogP contribution in [-0.2, 0) is 5.41 Å². The minimum absolute atomic E-state index is 0.134. The second kappa shape index (κ2) is 11.6. The minimum atomic E-state index is -4.98. The first-order valence-electron chi connectivity index (χ1n) is 10.5. The lowest BCUT2D eigenvalue weighted by molar-refractivity contribution is -0.266. The summed E-state index contributed by atoms with van der Waals surface area (Å²) in [6.45, 7) is 5.19. The first kappa shape index (κ1) is 28.5. The van der Waals surface area contributed by atoms with Gasteiger partial charge in [0.25, 0.3) is 0 Å². The van der Waals surface area contributed by atoms with E-state index in [-0.39, 0.29) is 17.0 Å². The molecule has 0 saturated carbocycles. The summed E-state index contributed by atoms with van der Waals surface area (Å²) in [4.78, 5) is 0. The highest BCUT2D eigenvalue weighted by atomic mass is 19.4. The lowest BCUT2D eigenvalue weighted by atomic mass is 9.73. The molecule has 0 aliphatic carbocycles. The molecule has 1 aromatic carbocycles. The van der Waals surface area contributed by atoms with Crippen LogP contribution in [0.25, 0.3) is 0 Å². The number of ether oxygens (including phenoxy) is 1. The number of hydrogen-bond donors (Lipinski definition) is 4. The predicted molar refractivity (Wildman–Crippen MR) is 123 cm³/mol. The second-order valence-corrected chi connectivity index (χ2v) is 8.71. The molecule has 0 saturated heterocycles. The standard InChI is InChI=1S/C24H35F4N3O2/c1-6-16(7-9-18(29)14-31-4)11-19(30)13-23(32,24(26,27)28)15-22(2,3)20-12-17(25)8-10-21(20)33-5/h6,8-12,31-32H,7,13-15,29-30H2,1-5H3/b16-6+,18-9-,19-11-. The van der Waals surface area contributed by atoms with Crippen molar-refractivity contribution in [3.05, 3.63) is 64.8 Å². The van der Waals surface area contributed by atoms with Crippen molar-refractivity contribution in [3.8, 4) is 5.75 Å². The molecule has 0 amide bonds. The fourth-order valence-corrected chi connectivity index (χ4v) is 3.71. The third-order valence-electron chi connectivity index (χ3n) is 5.37. The Labute approximate surface area is 193 Å². The second-order valence-electron chi connectivity index (χ2n) is 8.71. The van der Waals surface area contributed by atoms with Crippen molar-refractivity contribution in [3.63, 3.8) is 0 Å². The first-order valence-corrected chi connectivity index (χ1v) is 10.5. The zero-order valence-electron chi connectivity index (χ0n) is 19.8. The van der Waals surface area contributed by atoms with Gasteiger partial charge in [0, 0.05) is 29.9 Å². The normalized spacial score (nSPS) is 16.0. The van der Waals surface area contributed by atoms with Crippen LogP contribution in [0.1, 0.15) is 45.6 Å². The molecule has 1 rings (SSSR count). The Balaban J connectivity index is 3.25. The van der Waals surface area contributed by atoms with E-state index in [1.807, 2.05) is 0 Å². The van der Waals surface area contributed by atoms with Crippen LogP contribution < -0.4 is 21.5 Å². The van der Waals surface area contributed by atoms with Crippen LogP contribution in [0.5, 0.6) is 5.75 Å². The number of hydrogen-bond acceptors (Lipinski definition) is 5. The van der Waals surface area contributed by atoms with E-state index in [1.54, 1.807) is 26.1 Å². The fraction of sp³-hybridized carbons (Fsp3) is 0.500. The Hall–Kier alpha value is -2.52. The summed E-state index contributed by atoms with van der Waals surface area (Å²) in [6.07, 6.45) is -1.33. The molecule has 0 bridgehead atoms. The summed E-state index contributed by atoms with van der Waals surface area (Å²) in [7, 11) is 3.09. The topological polar surface area (TPSA) is 93.5 Å². The van der Waals surface area contributed by atoms with E-state index < -0.39 is 35.9 Å². The van der Waals surface area contributed by atoms with Gasteiger partial charge in [-0.2, -0.15) is 13.2 Å². The van der Waals surface area contributed by atoms with Gasteiger partial charge in [-0.15, -0.1) is 0 Å². The third-order valence-corrected chi connectivity index (χ3v) is 5.37. The van der Waals surface area contributed by atoms with Crippen molar-refractivity contribution in [2.24, 2.45) is 11.5 Å². The summed E-state index contributed by atoms with van der Waals surface area (Å²) in [5.74, 6) is -0.381. The van der Waals surface area contributed by atoms with E-state index in [4.69, 9.17) is 16.2 Å². The van der Waals surface area contributed by atoms with Crippen LogP contribution in [0.3, 0.4) is 0 Å². The Bertz CT molecular complexity index is 892. The van der Waals surface area contributed by atoms with Gasteiger partial charge >= 0.3 is 6.18 Å². The maximum Gasteiger partial charge on any atom is 0.417 e. The summed E-state index contributed by atoms with van der Waals surface area (Å²) >= 11 is 0. The van der Waals surface area contributed by atoms with Crippen LogP contribution in [0.15, 0.2) is 53.4 Å². The van der Waals surface area contributed by atoms with Crippen molar-refractivity contribution in [1.29, 1.82) is 0 Å². The summed E-state index contributed by atoms with van der Waals surface area (Å²) < 4.78 is 61.2. The SMILES string of the molecule is C/C=C(/C=C(\N)CC(O)(CC(C)(C)c1cc(F)ccc1OC)C(F)(F)F)C/C=C(\N)CNC. The molecule has 0 heterocycles. The van der Waals surface area contributed by atoms with E-state index in [2.05, 4.69) is 5.32 Å². The first-order chi connectivity index (χ1) is 15.2. The van der Waals surface area contributed by atoms with Gasteiger partial charge in [-0.3, -0.25) is 0 Å². The van der Waals surface area contributed by atoms with E-state index in [0.717, 1.165) is 12.1 Å². The number of rotatable bonds is 11. The van der Waals surface area contributed by atoms with E-state index in [1.165, 1.54) is 33.1 Å². The average Bonchev–Trinajstić information content (AvgIpc) is 2.69. The van der Waals surface area contributed by atoms with Gasteiger partial charge in [-0.05, 0) is 62.1 Å². The number of methoxy groups -OCH3 is 1. The van der Waals surface area contributed by atoms with Gasteiger partial charge in [0.1, 0.15) is 11.6 Å². The number of nitrogens with one attached hydrogen (secondary N) is 1. The number of allylic oxidation sites excluding steroid dienone is 4. The molecule has 6 N–H and O–H groups in total. The Kier molecular flexibility index (Phi) is 9.99. The smallest absolute Gasteiger partial charge is 0.417 e. The molecule has 0 spiro atoms. The van der Waals surface area contributed by atoms with Gasteiger partial charge in [0.05, 0.1) is 7.11 Å². The Morgan fingerprint density at radius 3 is 2.33 bits per heavy atom. The van der Waals surface area contributed by atoms with Gasteiger partial charge in [-0.25, -0.2) is 4.39 Å². The molecule has 0 aromatic heterocycles. The molecule has 0 aliphatic heterocycles. The number of halogens is 4.